The van der Waals surface area contributed by atoms with Gasteiger partial charge in [0.1, 0.15) is 11.6 Å². The van der Waals surface area contributed by atoms with Crippen LogP contribution < -0.4 is 16.2 Å². The predicted octanol–water partition coefficient (Wildman–Crippen LogP) is 2.04. The van der Waals surface area contributed by atoms with Gasteiger partial charge in [0.25, 0.3) is 5.69 Å². The van der Waals surface area contributed by atoms with Crippen LogP contribution in [0.4, 0.5) is 17.3 Å². The second kappa shape index (κ2) is 5.40. The Hall–Kier alpha value is -1.89. The van der Waals surface area contributed by atoms with Crippen molar-refractivity contribution in [1.29, 1.82) is 0 Å². The third kappa shape index (κ3) is 2.60. The average Bonchev–Trinajstić information content (AvgIpc) is 2.79. The molecule has 104 valence electrons. The third-order valence-corrected chi connectivity index (χ3v) is 3.68. The maximum absolute atomic E-state index is 11.0. The van der Waals surface area contributed by atoms with Gasteiger partial charge in [-0.25, -0.2) is 10.8 Å². The van der Waals surface area contributed by atoms with E-state index in [1.807, 2.05) is 0 Å². The molecule has 7 nitrogen and oxygen atoms in total. The first kappa shape index (κ1) is 13.5. The molecule has 0 amide bonds. The Labute approximate surface area is 111 Å². The average molecular weight is 265 g/mol. The van der Waals surface area contributed by atoms with Gasteiger partial charge in [0.2, 0.25) is 0 Å². The number of nitrogens with two attached hydrogens (primary N) is 1. The van der Waals surface area contributed by atoms with Crippen LogP contribution in [0.15, 0.2) is 12.1 Å². The van der Waals surface area contributed by atoms with Crippen molar-refractivity contribution in [3.8, 4) is 0 Å². The van der Waals surface area contributed by atoms with Gasteiger partial charge in [-0.3, -0.25) is 10.1 Å². The lowest BCUT2D eigenvalue weighted by molar-refractivity contribution is -0.384. The number of nitrogens with one attached hydrogen (secondary N) is 1. The van der Waals surface area contributed by atoms with Gasteiger partial charge < -0.3 is 10.3 Å². The van der Waals surface area contributed by atoms with Crippen LogP contribution in [0.25, 0.3) is 0 Å². The van der Waals surface area contributed by atoms with Crippen LogP contribution in [-0.2, 0) is 0 Å². The molecule has 0 radical (unpaired) electrons. The zero-order valence-corrected chi connectivity index (χ0v) is 11.2. The molecule has 1 saturated heterocycles. The van der Waals surface area contributed by atoms with E-state index in [1.54, 1.807) is 0 Å². The highest BCUT2D eigenvalue weighted by atomic mass is 16.6. The molecule has 7 heteroatoms. The maximum atomic E-state index is 11.0. The Morgan fingerprint density at radius 1 is 1.58 bits per heavy atom. The van der Waals surface area contributed by atoms with E-state index < -0.39 is 4.92 Å². The van der Waals surface area contributed by atoms with Gasteiger partial charge in [0.05, 0.1) is 17.1 Å². The van der Waals surface area contributed by atoms with E-state index in [0.29, 0.717) is 23.7 Å². The Morgan fingerprint density at radius 3 is 2.89 bits per heavy atom. The predicted molar refractivity (Wildman–Crippen MR) is 74.0 cm³/mol. The number of aromatic nitrogens is 1. The number of rotatable bonds is 4. The monoisotopic (exact) mass is 265 g/mol. The van der Waals surface area contributed by atoms with Crippen LogP contribution in [0.1, 0.15) is 33.1 Å². The molecule has 0 aliphatic carbocycles. The lowest BCUT2D eigenvalue weighted by atomic mass is 10.1. The van der Waals surface area contributed by atoms with Gasteiger partial charge in [-0.1, -0.05) is 6.92 Å². The lowest BCUT2D eigenvalue weighted by Crippen LogP contribution is -2.35. The third-order valence-electron chi connectivity index (χ3n) is 3.68. The Kier molecular flexibility index (Phi) is 3.84. The molecule has 0 aromatic carbocycles. The van der Waals surface area contributed by atoms with Gasteiger partial charge in [-0.2, -0.15) is 0 Å². The number of nitrogen functional groups attached to an aromatic ring is 1. The number of hydrazine groups is 1. The highest BCUT2D eigenvalue weighted by molar-refractivity contribution is 5.56. The maximum Gasteiger partial charge on any atom is 0.276 e. The zero-order valence-electron chi connectivity index (χ0n) is 11.2. The quantitative estimate of drug-likeness (QED) is 0.491. The Bertz CT molecular complexity index is 479. The normalized spacial score (nSPS) is 22.6. The van der Waals surface area contributed by atoms with Crippen molar-refractivity contribution in [1.82, 2.24) is 4.98 Å². The summed E-state index contributed by atoms with van der Waals surface area (Å²) in [7, 11) is 0. The van der Waals surface area contributed by atoms with Crippen molar-refractivity contribution in [2.24, 2.45) is 5.84 Å². The van der Waals surface area contributed by atoms with E-state index in [-0.39, 0.29) is 5.69 Å². The molecule has 2 rings (SSSR count). The molecule has 3 N–H and O–H groups in total. The molecule has 1 aliphatic heterocycles. The SMILES string of the molecule is CCC1CCC(C)N1c1cc([N+](=O)[O-])cc(NN)n1. The standard InChI is InChI=1S/C12H19N5O2/c1-3-9-5-4-8(2)16(9)12-7-10(17(18)19)6-11(14-12)15-13/h6-9H,3-5,13H2,1-2H3,(H,14,15). The molecule has 1 aromatic heterocycles. The fourth-order valence-corrected chi connectivity index (χ4v) is 2.70. The van der Waals surface area contributed by atoms with Crippen molar-refractivity contribution < 1.29 is 4.92 Å². The number of hydrogen-bond acceptors (Lipinski definition) is 6. The van der Waals surface area contributed by atoms with Gasteiger partial charge >= 0.3 is 0 Å². The number of nitro groups is 1. The molecule has 0 saturated carbocycles. The summed E-state index contributed by atoms with van der Waals surface area (Å²) in [6.07, 6.45) is 3.17. The Balaban J connectivity index is 2.42. The van der Waals surface area contributed by atoms with Crippen LogP contribution in [0.2, 0.25) is 0 Å². The van der Waals surface area contributed by atoms with E-state index in [0.717, 1.165) is 19.3 Å². The van der Waals surface area contributed by atoms with E-state index in [4.69, 9.17) is 5.84 Å². The van der Waals surface area contributed by atoms with Gasteiger partial charge in [-0.15, -0.1) is 0 Å². The number of hydrogen-bond donors (Lipinski definition) is 2. The van der Waals surface area contributed by atoms with E-state index in [1.165, 1.54) is 12.1 Å². The lowest BCUT2D eigenvalue weighted by Gasteiger charge is -2.29. The summed E-state index contributed by atoms with van der Waals surface area (Å²) >= 11 is 0. The molecular formula is C12H19N5O2. The summed E-state index contributed by atoms with van der Waals surface area (Å²) in [6, 6.07) is 3.58. The largest absolute Gasteiger partial charge is 0.351 e. The summed E-state index contributed by atoms with van der Waals surface area (Å²) in [5, 5.41) is 11.0. The van der Waals surface area contributed by atoms with Crippen molar-refractivity contribution in [3.05, 3.63) is 22.2 Å². The molecule has 1 fully saturated rings. The van der Waals surface area contributed by atoms with E-state index >= 15 is 0 Å². The minimum absolute atomic E-state index is 0.00639. The van der Waals surface area contributed by atoms with Crippen LogP contribution in [0.3, 0.4) is 0 Å². The summed E-state index contributed by atoms with van der Waals surface area (Å²) in [5.74, 6) is 6.28. The van der Waals surface area contributed by atoms with Crippen LogP contribution in [0, 0.1) is 10.1 Å². The molecule has 1 aliphatic rings. The molecule has 2 atom stereocenters. The fourth-order valence-electron chi connectivity index (χ4n) is 2.70. The number of anilines is 2. The molecule has 0 spiro atoms. The molecule has 19 heavy (non-hydrogen) atoms. The minimum atomic E-state index is -0.423. The smallest absolute Gasteiger partial charge is 0.276 e. The molecule has 0 bridgehead atoms. The summed E-state index contributed by atoms with van der Waals surface area (Å²) < 4.78 is 0. The Morgan fingerprint density at radius 2 is 2.32 bits per heavy atom. The molecule has 2 heterocycles. The zero-order chi connectivity index (χ0) is 14.0. The van der Waals surface area contributed by atoms with Crippen LogP contribution in [-0.4, -0.2) is 22.0 Å². The van der Waals surface area contributed by atoms with Crippen LogP contribution in [0.5, 0.6) is 0 Å². The second-order valence-electron chi connectivity index (χ2n) is 4.87. The van der Waals surface area contributed by atoms with Crippen LogP contribution >= 0.6 is 0 Å². The highest BCUT2D eigenvalue weighted by Crippen LogP contribution is 2.33. The first-order chi connectivity index (χ1) is 9.06. The molecule has 1 aromatic rings. The topological polar surface area (TPSA) is 97.3 Å². The number of pyridine rings is 1. The highest BCUT2D eigenvalue weighted by Gasteiger charge is 2.31. The van der Waals surface area contributed by atoms with Crippen molar-refractivity contribution in [2.45, 2.75) is 45.2 Å². The summed E-state index contributed by atoms with van der Waals surface area (Å²) in [5.41, 5.74) is 2.40. The minimum Gasteiger partial charge on any atom is -0.351 e. The van der Waals surface area contributed by atoms with Crippen molar-refractivity contribution >= 4 is 17.3 Å². The van der Waals surface area contributed by atoms with E-state index in [9.17, 15) is 10.1 Å². The molecular weight excluding hydrogens is 246 g/mol. The number of nitrogens with zero attached hydrogens (tertiary/aromatic N) is 3. The summed E-state index contributed by atoms with van der Waals surface area (Å²) in [6.45, 7) is 4.24. The first-order valence-electron chi connectivity index (χ1n) is 6.48. The fraction of sp³-hybridized carbons (Fsp3) is 0.583. The van der Waals surface area contributed by atoms with Crippen molar-refractivity contribution in [3.63, 3.8) is 0 Å². The molecule has 2 unspecified atom stereocenters. The van der Waals surface area contributed by atoms with Gasteiger partial charge in [-0.05, 0) is 26.2 Å². The van der Waals surface area contributed by atoms with Crippen molar-refractivity contribution in [2.75, 3.05) is 10.3 Å². The first-order valence-corrected chi connectivity index (χ1v) is 6.48. The van der Waals surface area contributed by atoms with Gasteiger partial charge in [0.15, 0.2) is 0 Å². The van der Waals surface area contributed by atoms with Gasteiger partial charge in [0, 0.05) is 12.1 Å². The second-order valence-corrected chi connectivity index (χ2v) is 4.87. The van der Waals surface area contributed by atoms with E-state index in [2.05, 4.69) is 29.2 Å². The summed E-state index contributed by atoms with van der Waals surface area (Å²) in [4.78, 5) is 17.0.